The van der Waals surface area contributed by atoms with E-state index >= 15 is 0 Å². The molecule has 1 aromatic carbocycles. The van der Waals surface area contributed by atoms with Crippen molar-refractivity contribution in [3.05, 3.63) is 29.6 Å². The third-order valence-electron chi connectivity index (χ3n) is 2.68. The fourth-order valence-electron chi connectivity index (χ4n) is 1.60. The lowest BCUT2D eigenvalue weighted by atomic mass is 10.1. The van der Waals surface area contributed by atoms with Crippen molar-refractivity contribution in [3.8, 4) is 0 Å². The van der Waals surface area contributed by atoms with Crippen LogP contribution in [0.15, 0.2) is 18.2 Å². The quantitative estimate of drug-likeness (QED) is 0.746. The van der Waals surface area contributed by atoms with Crippen LogP contribution in [-0.2, 0) is 10.8 Å². The van der Waals surface area contributed by atoms with E-state index in [1.54, 1.807) is 13.2 Å². The molecule has 0 bridgehead atoms. The highest BCUT2D eigenvalue weighted by Crippen LogP contribution is 2.17. The summed E-state index contributed by atoms with van der Waals surface area (Å²) < 4.78 is 24.1. The van der Waals surface area contributed by atoms with Crippen LogP contribution in [-0.4, -0.2) is 39.4 Å². The number of urea groups is 1. The van der Waals surface area contributed by atoms with Gasteiger partial charge in [-0.3, -0.25) is 4.21 Å². The van der Waals surface area contributed by atoms with Crippen molar-refractivity contribution in [1.29, 1.82) is 0 Å². The van der Waals surface area contributed by atoms with E-state index < -0.39 is 28.6 Å². The Labute approximate surface area is 124 Å². The van der Waals surface area contributed by atoms with Crippen LogP contribution in [0.3, 0.4) is 0 Å². The van der Waals surface area contributed by atoms with E-state index in [1.807, 2.05) is 0 Å². The summed E-state index contributed by atoms with van der Waals surface area (Å²) in [6.45, 7) is 1.73. The van der Waals surface area contributed by atoms with Crippen molar-refractivity contribution in [3.63, 3.8) is 0 Å². The number of rotatable bonds is 6. The number of nitrogens with one attached hydrogen (secondary N) is 2. The van der Waals surface area contributed by atoms with Crippen LogP contribution in [0.5, 0.6) is 0 Å². The third kappa shape index (κ3) is 5.90. The first-order chi connectivity index (χ1) is 9.79. The molecule has 0 spiro atoms. The molecule has 2 atom stereocenters. The third-order valence-corrected chi connectivity index (χ3v) is 3.49. The van der Waals surface area contributed by atoms with Crippen LogP contribution in [0.2, 0.25) is 0 Å². The molecule has 21 heavy (non-hydrogen) atoms. The standard InChI is InChI=1S/C13H17FN2O4S/c1-8(5-6-21(2)20)15-13(19)16-11-7-9(14)3-4-10(11)12(17)18/h3-4,7-8H,5-6H2,1-2H3,(H,17,18)(H2,15,16,19). The largest absolute Gasteiger partial charge is 0.478 e. The van der Waals surface area contributed by atoms with Crippen LogP contribution in [0.1, 0.15) is 23.7 Å². The molecular weight excluding hydrogens is 299 g/mol. The van der Waals surface area contributed by atoms with Gasteiger partial charge >= 0.3 is 12.0 Å². The molecule has 2 unspecified atom stereocenters. The van der Waals surface area contributed by atoms with Crippen LogP contribution >= 0.6 is 0 Å². The maximum absolute atomic E-state index is 13.1. The zero-order valence-electron chi connectivity index (χ0n) is 11.7. The van der Waals surface area contributed by atoms with Crippen molar-refractivity contribution < 1.29 is 23.3 Å². The minimum Gasteiger partial charge on any atom is -0.478 e. The number of aromatic carboxylic acids is 1. The first-order valence-electron chi connectivity index (χ1n) is 6.20. The number of anilines is 1. The van der Waals surface area contributed by atoms with Crippen LogP contribution in [0.25, 0.3) is 0 Å². The van der Waals surface area contributed by atoms with Gasteiger partial charge in [0.15, 0.2) is 0 Å². The number of carbonyl (C=O) groups is 2. The van der Waals surface area contributed by atoms with Gasteiger partial charge in [-0.25, -0.2) is 14.0 Å². The second-order valence-electron chi connectivity index (χ2n) is 4.56. The monoisotopic (exact) mass is 316 g/mol. The summed E-state index contributed by atoms with van der Waals surface area (Å²) in [6.07, 6.45) is 2.09. The van der Waals surface area contributed by atoms with E-state index in [9.17, 15) is 18.2 Å². The molecule has 8 heteroatoms. The lowest BCUT2D eigenvalue weighted by Gasteiger charge is -2.15. The molecule has 1 rings (SSSR count). The van der Waals surface area contributed by atoms with Gasteiger partial charge in [-0.1, -0.05) is 0 Å². The molecule has 0 aliphatic carbocycles. The van der Waals surface area contributed by atoms with Crippen molar-refractivity contribution in [1.82, 2.24) is 5.32 Å². The molecular formula is C13H17FN2O4S. The van der Waals surface area contributed by atoms with Gasteiger partial charge in [0, 0.05) is 28.9 Å². The minimum absolute atomic E-state index is 0.119. The van der Waals surface area contributed by atoms with Crippen LogP contribution < -0.4 is 10.6 Å². The Kier molecular flexibility index (Phi) is 6.29. The van der Waals surface area contributed by atoms with Gasteiger partial charge in [0.05, 0.1) is 11.3 Å². The summed E-state index contributed by atoms with van der Waals surface area (Å²) in [7, 11) is -0.951. The number of amides is 2. The molecule has 0 aliphatic heterocycles. The average molecular weight is 316 g/mol. The molecule has 0 aliphatic rings. The minimum atomic E-state index is -1.26. The lowest BCUT2D eigenvalue weighted by Crippen LogP contribution is -2.37. The SMILES string of the molecule is CC(CCS(C)=O)NC(=O)Nc1cc(F)ccc1C(=O)O. The molecule has 3 N–H and O–H groups in total. The van der Waals surface area contributed by atoms with E-state index in [0.29, 0.717) is 12.2 Å². The van der Waals surface area contributed by atoms with Crippen LogP contribution in [0, 0.1) is 5.82 Å². The number of carbonyl (C=O) groups excluding carboxylic acids is 1. The van der Waals surface area contributed by atoms with Gasteiger partial charge in [0.25, 0.3) is 0 Å². The Morgan fingerprint density at radius 1 is 1.43 bits per heavy atom. The Bertz CT molecular complexity index is 565. The summed E-state index contributed by atoms with van der Waals surface area (Å²) >= 11 is 0. The maximum Gasteiger partial charge on any atom is 0.337 e. The van der Waals surface area contributed by atoms with E-state index in [2.05, 4.69) is 10.6 Å². The van der Waals surface area contributed by atoms with Gasteiger partial charge in [-0.15, -0.1) is 0 Å². The summed E-state index contributed by atoms with van der Waals surface area (Å²) in [5, 5.41) is 13.8. The molecule has 0 saturated carbocycles. The van der Waals surface area contributed by atoms with E-state index in [4.69, 9.17) is 5.11 Å². The summed E-state index contributed by atoms with van der Waals surface area (Å²) in [4.78, 5) is 22.7. The molecule has 116 valence electrons. The molecule has 0 fully saturated rings. The smallest absolute Gasteiger partial charge is 0.337 e. The van der Waals surface area contributed by atoms with E-state index in [-0.39, 0.29) is 17.3 Å². The number of halogens is 1. The van der Waals surface area contributed by atoms with Crippen molar-refractivity contribution in [2.45, 2.75) is 19.4 Å². The van der Waals surface area contributed by atoms with Crippen molar-refractivity contribution >= 4 is 28.5 Å². The zero-order chi connectivity index (χ0) is 16.0. The predicted molar refractivity (Wildman–Crippen MR) is 78.5 cm³/mol. The number of hydrogen-bond donors (Lipinski definition) is 3. The van der Waals surface area contributed by atoms with E-state index in [0.717, 1.165) is 18.2 Å². The molecule has 6 nitrogen and oxygen atoms in total. The summed E-state index contributed by atoms with van der Waals surface area (Å²) in [5.41, 5.74) is -0.319. The van der Waals surface area contributed by atoms with Crippen molar-refractivity contribution in [2.75, 3.05) is 17.3 Å². The highest BCUT2D eigenvalue weighted by atomic mass is 32.2. The fraction of sp³-hybridized carbons (Fsp3) is 0.385. The highest BCUT2D eigenvalue weighted by Gasteiger charge is 2.14. The molecule has 1 aromatic rings. The molecule has 0 heterocycles. The molecule has 2 amide bonds. The molecule has 0 saturated heterocycles. The Hall–Kier alpha value is -1.96. The van der Waals surface area contributed by atoms with E-state index in [1.165, 1.54) is 0 Å². The summed E-state index contributed by atoms with van der Waals surface area (Å²) in [6, 6.07) is 2.14. The second-order valence-corrected chi connectivity index (χ2v) is 6.12. The first kappa shape index (κ1) is 17.1. The van der Waals surface area contributed by atoms with Gasteiger partial charge in [0.2, 0.25) is 0 Å². The maximum atomic E-state index is 13.1. The second kappa shape index (κ2) is 7.72. The van der Waals surface area contributed by atoms with Gasteiger partial charge in [0.1, 0.15) is 5.82 Å². The number of carboxylic acid groups (broad SMARTS) is 1. The topological polar surface area (TPSA) is 95.5 Å². The molecule has 0 radical (unpaired) electrons. The number of benzene rings is 1. The Balaban J connectivity index is 2.68. The Morgan fingerprint density at radius 3 is 2.67 bits per heavy atom. The predicted octanol–water partition coefficient (Wildman–Crippen LogP) is 1.80. The van der Waals surface area contributed by atoms with Gasteiger partial charge in [-0.2, -0.15) is 0 Å². The first-order valence-corrected chi connectivity index (χ1v) is 7.92. The summed E-state index contributed by atoms with van der Waals surface area (Å²) in [5.74, 6) is -1.47. The van der Waals surface area contributed by atoms with Gasteiger partial charge < -0.3 is 15.7 Å². The van der Waals surface area contributed by atoms with Crippen LogP contribution in [0.4, 0.5) is 14.9 Å². The van der Waals surface area contributed by atoms with Crippen molar-refractivity contribution in [2.24, 2.45) is 0 Å². The molecule has 0 aromatic heterocycles. The lowest BCUT2D eigenvalue weighted by molar-refractivity contribution is 0.0698. The fourth-order valence-corrected chi connectivity index (χ4v) is 2.29. The normalized spacial score (nSPS) is 13.3. The van der Waals surface area contributed by atoms with Gasteiger partial charge in [-0.05, 0) is 31.5 Å². The average Bonchev–Trinajstić information content (AvgIpc) is 2.35. The highest BCUT2D eigenvalue weighted by molar-refractivity contribution is 7.84. The number of hydrogen-bond acceptors (Lipinski definition) is 3. The zero-order valence-corrected chi connectivity index (χ0v) is 12.5. The number of carboxylic acids is 1. The Morgan fingerprint density at radius 2 is 2.10 bits per heavy atom.